The lowest BCUT2D eigenvalue weighted by Crippen LogP contribution is -2.05. The summed E-state index contributed by atoms with van der Waals surface area (Å²) >= 11 is 0. The number of carbonyl (C=O) groups excluding carboxylic acids is 1. The van der Waals surface area contributed by atoms with Crippen molar-refractivity contribution in [3.63, 3.8) is 0 Å². The number of ether oxygens (including phenoxy) is 1. The first-order chi connectivity index (χ1) is 6.63. The van der Waals surface area contributed by atoms with Crippen LogP contribution >= 0.6 is 0 Å². The standard InChI is InChI=1S/C11H13NO2/c1-8-7-10(14-2)5-3-9(8)4-6-11(12)13/h3-7H,1-2H3,(H2,12,13)/b6-4-. The van der Waals surface area contributed by atoms with E-state index in [9.17, 15) is 4.79 Å². The molecular formula is C11H13NO2. The molecule has 14 heavy (non-hydrogen) atoms. The van der Waals surface area contributed by atoms with Crippen molar-refractivity contribution < 1.29 is 9.53 Å². The van der Waals surface area contributed by atoms with E-state index < -0.39 is 5.91 Å². The minimum Gasteiger partial charge on any atom is -0.497 e. The van der Waals surface area contributed by atoms with E-state index in [2.05, 4.69) is 0 Å². The van der Waals surface area contributed by atoms with Gasteiger partial charge in [0.2, 0.25) is 5.91 Å². The van der Waals surface area contributed by atoms with Gasteiger partial charge in [-0.3, -0.25) is 4.79 Å². The van der Waals surface area contributed by atoms with Crippen molar-refractivity contribution in [2.75, 3.05) is 7.11 Å². The number of rotatable bonds is 3. The minimum atomic E-state index is -0.444. The molecular weight excluding hydrogens is 178 g/mol. The Kier molecular flexibility index (Phi) is 3.29. The summed E-state index contributed by atoms with van der Waals surface area (Å²) in [6, 6.07) is 5.63. The summed E-state index contributed by atoms with van der Waals surface area (Å²) in [5.41, 5.74) is 7.00. The second-order valence-corrected chi connectivity index (χ2v) is 2.96. The van der Waals surface area contributed by atoms with Gasteiger partial charge in [0.15, 0.2) is 0 Å². The molecule has 0 saturated carbocycles. The number of benzene rings is 1. The van der Waals surface area contributed by atoms with Crippen molar-refractivity contribution in [1.29, 1.82) is 0 Å². The van der Waals surface area contributed by atoms with Crippen LogP contribution in [0, 0.1) is 6.92 Å². The number of methoxy groups -OCH3 is 1. The monoisotopic (exact) mass is 191 g/mol. The molecule has 0 bridgehead atoms. The molecule has 0 aliphatic rings. The van der Waals surface area contributed by atoms with E-state index >= 15 is 0 Å². The van der Waals surface area contributed by atoms with Crippen LogP contribution in [0.2, 0.25) is 0 Å². The number of hydrogen-bond donors (Lipinski definition) is 1. The van der Waals surface area contributed by atoms with Crippen LogP contribution in [-0.4, -0.2) is 13.0 Å². The van der Waals surface area contributed by atoms with Crippen molar-refractivity contribution in [3.05, 3.63) is 35.4 Å². The number of nitrogens with two attached hydrogens (primary N) is 1. The molecule has 0 saturated heterocycles. The van der Waals surface area contributed by atoms with Crippen LogP contribution in [0.4, 0.5) is 0 Å². The number of primary amides is 1. The lowest BCUT2D eigenvalue weighted by molar-refractivity contribution is -0.113. The second-order valence-electron chi connectivity index (χ2n) is 2.96. The van der Waals surface area contributed by atoms with Gasteiger partial charge in [-0.05, 0) is 36.3 Å². The molecule has 3 heteroatoms. The molecule has 1 aromatic rings. The molecule has 0 heterocycles. The zero-order valence-electron chi connectivity index (χ0n) is 8.28. The Balaban J connectivity index is 2.94. The SMILES string of the molecule is COc1ccc(/C=C\C(N)=O)c(C)c1. The normalized spacial score (nSPS) is 10.4. The highest BCUT2D eigenvalue weighted by Crippen LogP contribution is 2.17. The first-order valence-corrected chi connectivity index (χ1v) is 4.25. The van der Waals surface area contributed by atoms with Crippen LogP contribution in [0.25, 0.3) is 6.08 Å². The average molecular weight is 191 g/mol. The van der Waals surface area contributed by atoms with Gasteiger partial charge in [-0.1, -0.05) is 6.07 Å². The van der Waals surface area contributed by atoms with Gasteiger partial charge in [0.1, 0.15) is 5.75 Å². The number of aryl methyl sites for hydroxylation is 1. The summed E-state index contributed by atoms with van der Waals surface area (Å²) in [6.45, 7) is 1.95. The lowest BCUT2D eigenvalue weighted by atomic mass is 10.1. The van der Waals surface area contributed by atoms with Gasteiger partial charge in [-0.2, -0.15) is 0 Å². The van der Waals surface area contributed by atoms with Gasteiger partial charge >= 0.3 is 0 Å². The molecule has 1 amide bonds. The molecule has 2 N–H and O–H groups in total. The van der Waals surface area contributed by atoms with E-state index in [0.29, 0.717) is 0 Å². The van der Waals surface area contributed by atoms with Gasteiger partial charge in [-0.15, -0.1) is 0 Å². The van der Waals surface area contributed by atoms with Gasteiger partial charge in [0.25, 0.3) is 0 Å². The average Bonchev–Trinajstić information content (AvgIpc) is 2.15. The number of amides is 1. The van der Waals surface area contributed by atoms with E-state index in [1.54, 1.807) is 13.2 Å². The largest absolute Gasteiger partial charge is 0.497 e. The maximum atomic E-state index is 10.5. The molecule has 0 radical (unpaired) electrons. The maximum absolute atomic E-state index is 10.5. The third-order valence-corrected chi connectivity index (χ3v) is 1.90. The molecule has 1 aromatic carbocycles. The van der Waals surface area contributed by atoms with E-state index in [0.717, 1.165) is 16.9 Å². The predicted molar refractivity (Wildman–Crippen MR) is 56.0 cm³/mol. The Bertz CT molecular complexity index is 370. The van der Waals surface area contributed by atoms with Gasteiger partial charge in [0.05, 0.1) is 7.11 Å². The zero-order valence-corrected chi connectivity index (χ0v) is 8.28. The Morgan fingerprint density at radius 1 is 1.50 bits per heavy atom. The first-order valence-electron chi connectivity index (χ1n) is 4.25. The highest BCUT2D eigenvalue weighted by atomic mass is 16.5. The zero-order chi connectivity index (χ0) is 10.6. The Morgan fingerprint density at radius 2 is 2.21 bits per heavy atom. The lowest BCUT2D eigenvalue weighted by Gasteiger charge is -2.03. The first kappa shape index (κ1) is 10.3. The molecule has 0 spiro atoms. The molecule has 0 fully saturated rings. The third kappa shape index (κ3) is 2.62. The molecule has 3 nitrogen and oxygen atoms in total. The molecule has 74 valence electrons. The van der Waals surface area contributed by atoms with Crippen LogP contribution in [0.3, 0.4) is 0 Å². The Labute approximate surface area is 83.2 Å². The number of hydrogen-bond acceptors (Lipinski definition) is 2. The third-order valence-electron chi connectivity index (χ3n) is 1.90. The highest BCUT2D eigenvalue weighted by molar-refractivity contribution is 5.90. The Hall–Kier alpha value is -1.77. The molecule has 1 rings (SSSR count). The van der Waals surface area contributed by atoms with Gasteiger partial charge in [0, 0.05) is 6.08 Å². The van der Waals surface area contributed by atoms with Crippen molar-refractivity contribution in [3.8, 4) is 5.75 Å². The van der Waals surface area contributed by atoms with Crippen molar-refractivity contribution in [2.24, 2.45) is 5.73 Å². The fourth-order valence-electron chi connectivity index (χ4n) is 1.13. The molecule has 0 atom stereocenters. The van der Waals surface area contributed by atoms with E-state index in [4.69, 9.17) is 10.5 Å². The smallest absolute Gasteiger partial charge is 0.241 e. The minimum absolute atomic E-state index is 0.444. The quantitative estimate of drug-likeness (QED) is 0.736. The topological polar surface area (TPSA) is 52.3 Å². The van der Waals surface area contributed by atoms with Crippen LogP contribution in [-0.2, 0) is 4.79 Å². The van der Waals surface area contributed by atoms with Gasteiger partial charge in [-0.25, -0.2) is 0 Å². The predicted octanol–water partition coefficient (Wildman–Crippen LogP) is 1.50. The molecule has 0 unspecified atom stereocenters. The van der Waals surface area contributed by atoms with Crippen LogP contribution in [0.1, 0.15) is 11.1 Å². The van der Waals surface area contributed by atoms with Gasteiger partial charge < -0.3 is 10.5 Å². The second kappa shape index (κ2) is 4.46. The van der Waals surface area contributed by atoms with Crippen LogP contribution < -0.4 is 10.5 Å². The summed E-state index contributed by atoms with van der Waals surface area (Å²) in [6.07, 6.45) is 3.03. The van der Waals surface area contributed by atoms with Crippen molar-refractivity contribution >= 4 is 12.0 Å². The van der Waals surface area contributed by atoms with Crippen molar-refractivity contribution in [1.82, 2.24) is 0 Å². The summed E-state index contributed by atoms with van der Waals surface area (Å²) in [4.78, 5) is 10.5. The summed E-state index contributed by atoms with van der Waals surface area (Å²) < 4.78 is 5.06. The van der Waals surface area contributed by atoms with Crippen molar-refractivity contribution in [2.45, 2.75) is 6.92 Å². The fraction of sp³-hybridized carbons (Fsp3) is 0.182. The van der Waals surface area contributed by atoms with E-state index in [1.165, 1.54) is 6.08 Å². The van der Waals surface area contributed by atoms with Crippen LogP contribution in [0.15, 0.2) is 24.3 Å². The van der Waals surface area contributed by atoms with E-state index in [1.807, 2.05) is 25.1 Å². The molecule has 0 aromatic heterocycles. The summed E-state index contributed by atoms with van der Waals surface area (Å²) in [5.74, 6) is 0.360. The molecule has 0 aliphatic carbocycles. The van der Waals surface area contributed by atoms with E-state index in [-0.39, 0.29) is 0 Å². The summed E-state index contributed by atoms with van der Waals surface area (Å²) in [7, 11) is 1.62. The number of carbonyl (C=O) groups is 1. The fourth-order valence-corrected chi connectivity index (χ4v) is 1.13. The summed E-state index contributed by atoms with van der Waals surface area (Å²) in [5, 5.41) is 0. The van der Waals surface area contributed by atoms with Crippen LogP contribution in [0.5, 0.6) is 5.75 Å². The highest BCUT2D eigenvalue weighted by Gasteiger charge is 1.96. The maximum Gasteiger partial charge on any atom is 0.241 e. The Morgan fingerprint density at radius 3 is 2.71 bits per heavy atom. The molecule has 0 aliphatic heterocycles.